The van der Waals surface area contributed by atoms with Gasteiger partial charge in [-0.15, -0.1) is 0 Å². The summed E-state index contributed by atoms with van der Waals surface area (Å²) in [7, 11) is -2.84. The number of allylic oxidation sites excluding steroid dienone is 1. The maximum absolute atomic E-state index is 13.5. The number of nitrogens with zero attached hydrogens (tertiary/aromatic N) is 4. The summed E-state index contributed by atoms with van der Waals surface area (Å²) in [4.78, 5) is 23.9. The number of hydrogen-bond donors (Lipinski definition) is 1. The van der Waals surface area contributed by atoms with Gasteiger partial charge in [0.05, 0.1) is 24.5 Å². The fourth-order valence-electron chi connectivity index (χ4n) is 3.46. The van der Waals surface area contributed by atoms with Crippen molar-refractivity contribution in [2.45, 2.75) is 31.2 Å². The Labute approximate surface area is 222 Å². The Bertz CT molecular complexity index is 1530. The van der Waals surface area contributed by atoms with Crippen molar-refractivity contribution >= 4 is 39.3 Å². The van der Waals surface area contributed by atoms with E-state index in [0.717, 1.165) is 28.7 Å². The van der Waals surface area contributed by atoms with Crippen molar-refractivity contribution in [3.63, 3.8) is 0 Å². The summed E-state index contributed by atoms with van der Waals surface area (Å²) in [6.45, 7) is 5.84. The van der Waals surface area contributed by atoms with Crippen LogP contribution in [-0.4, -0.2) is 62.2 Å². The Balaban J connectivity index is 1.73. The van der Waals surface area contributed by atoms with Crippen molar-refractivity contribution in [2.75, 3.05) is 20.1 Å². The molecule has 0 saturated heterocycles. The van der Waals surface area contributed by atoms with Crippen LogP contribution in [0.3, 0.4) is 0 Å². The second-order valence-corrected chi connectivity index (χ2v) is 10.3. The normalized spacial score (nSPS) is 13.4. The zero-order chi connectivity index (χ0) is 29.0. The van der Waals surface area contributed by atoms with Crippen molar-refractivity contribution in [2.24, 2.45) is 9.98 Å². The van der Waals surface area contributed by atoms with Crippen LogP contribution in [0.25, 0.3) is 11.0 Å². The van der Waals surface area contributed by atoms with Crippen molar-refractivity contribution in [1.82, 2.24) is 14.6 Å². The molecular weight excluding hydrogens is 542 g/mol. The molecule has 9 nitrogen and oxygen atoms in total. The Morgan fingerprint density at radius 3 is 2.51 bits per heavy atom. The third-order valence-corrected chi connectivity index (χ3v) is 7.34. The van der Waals surface area contributed by atoms with E-state index in [0.29, 0.717) is 0 Å². The Morgan fingerprint density at radius 1 is 1.23 bits per heavy atom. The van der Waals surface area contributed by atoms with Crippen LogP contribution in [0.2, 0.25) is 0 Å². The van der Waals surface area contributed by atoms with Crippen LogP contribution in [0.15, 0.2) is 73.9 Å². The van der Waals surface area contributed by atoms with E-state index in [9.17, 15) is 30.8 Å². The summed E-state index contributed by atoms with van der Waals surface area (Å²) in [5, 5.41) is 2.36. The predicted octanol–water partition coefficient (Wildman–Crippen LogP) is 4.20. The lowest BCUT2D eigenvalue weighted by Gasteiger charge is -2.24. The quantitative estimate of drug-likeness (QED) is 0.291. The molecule has 0 fully saturated rings. The third kappa shape index (κ3) is 7.15. The lowest BCUT2D eigenvalue weighted by molar-refractivity contribution is -0.141. The first-order chi connectivity index (χ1) is 18.3. The fourth-order valence-corrected chi connectivity index (χ4v) is 5.01. The standard InChI is InChI=1S/C25H25F4N5O4S/c1-15(2)34(39(36,37)24-10-17-9-18(26)6-7-21(17)38-24)14-23(35)33-13-19(30-3)11-20(31-4)16-5-8-22(32-12-16)25(27,28)29/h5-12,15H,3,13-14H2,1-2,4H3,(H,33,35)/b19-11-,31-20?. The predicted molar refractivity (Wildman–Crippen MR) is 138 cm³/mol. The highest BCUT2D eigenvalue weighted by molar-refractivity contribution is 7.89. The van der Waals surface area contributed by atoms with Crippen LogP contribution < -0.4 is 5.32 Å². The number of halogens is 4. The van der Waals surface area contributed by atoms with E-state index in [1.54, 1.807) is 13.8 Å². The zero-order valence-corrected chi connectivity index (χ0v) is 22.0. The maximum atomic E-state index is 13.5. The van der Waals surface area contributed by atoms with E-state index in [1.165, 1.54) is 31.3 Å². The van der Waals surface area contributed by atoms with Crippen LogP contribution in [0.4, 0.5) is 17.6 Å². The molecule has 0 spiro atoms. The van der Waals surface area contributed by atoms with Gasteiger partial charge in [0.25, 0.3) is 10.0 Å². The number of aromatic nitrogens is 1. The molecule has 0 aliphatic heterocycles. The minimum atomic E-state index is -4.59. The van der Waals surface area contributed by atoms with Crippen molar-refractivity contribution < 1.29 is 35.2 Å². The van der Waals surface area contributed by atoms with Gasteiger partial charge in [-0.1, -0.05) is 0 Å². The molecule has 14 heteroatoms. The van der Waals surface area contributed by atoms with E-state index in [1.807, 2.05) is 0 Å². The molecule has 1 N–H and O–H groups in total. The highest BCUT2D eigenvalue weighted by Gasteiger charge is 2.33. The lowest BCUT2D eigenvalue weighted by Crippen LogP contribution is -2.44. The molecule has 0 bridgehead atoms. The molecule has 1 aromatic carbocycles. The minimum absolute atomic E-state index is 0.173. The first-order valence-corrected chi connectivity index (χ1v) is 12.9. The third-order valence-electron chi connectivity index (χ3n) is 5.46. The van der Waals surface area contributed by atoms with Gasteiger partial charge >= 0.3 is 6.18 Å². The van der Waals surface area contributed by atoms with Crippen molar-refractivity contribution in [1.29, 1.82) is 0 Å². The monoisotopic (exact) mass is 567 g/mol. The van der Waals surface area contributed by atoms with Crippen LogP contribution >= 0.6 is 0 Å². The van der Waals surface area contributed by atoms with E-state index >= 15 is 0 Å². The molecule has 2 heterocycles. The molecule has 208 valence electrons. The van der Waals surface area contributed by atoms with E-state index < -0.39 is 51.3 Å². The summed E-state index contributed by atoms with van der Waals surface area (Å²) in [5.41, 5.74) is -0.158. The summed E-state index contributed by atoms with van der Waals surface area (Å²) < 4.78 is 84.6. The fraction of sp³-hybridized carbons (Fsp3) is 0.280. The molecule has 2 aromatic heterocycles. The minimum Gasteiger partial charge on any atom is -0.443 e. The number of carbonyl (C=O) groups excluding carboxylic acids is 1. The van der Waals surface area contributed by atoms with Crippen LogP contribution in [-0.2, 0) is 21.0 Å². The number of pyridine rings is 1. The summed E-state index contributed by atoms with van der Waals surface area (Å²) in [6.07, 6.45) is -2.17. The van der Waals surface area contributed by atoms with Crippen LogP contribution in [0.5, 0.6) is 0 Å². The van der Waals surface area contributed by atoms with Gasteiger partial charge in [-0.3, -0.25) is 19.8 Å². The first-order valence-electron chi connectivity index (χ1n) is 11.4. The highest BCUT2D eigenvalue weighted by atomic mass is 32.2. The number of nitrogens with one attached hydrogen (secondary N) is 1. The molecule has 0 atom stereocenters. The first kappa shape index (κ1) is 29.6. The second-order valence-electron chi connectivity index (χ2n) is 8.50. The molecule has 3 aromatic rings. The molecule has 0 unspecified atom stereocenters. The average Bonchev–Trinajstić information content (AvgIpc) is 3.31. The number of furan rings is 1. The van der Waals surface area contributed by atoms with Gasteiger partial charge in [0.15, 0.2) is 0 Å². The molecular formula is C25H25F4N5O4S. The van der Waals surface area contributed by atoms with Gasteiger partial charge in [-0.2, -0.15) is 17.5 Å². The number of benzene rings is 1. The van der Waals surface area contributed by atoms with E-state index in [4.69, 9.17) is 4.42 Å². The van der Waals surface area contributed by atoms with Gasteiger partial charge in [0.2, 0.25) is 11.0 Å². The second kappa shape index (κ2) is 11.9. The molecule has 3 rings (SSSR count). The topological polar surface area (TPSA) is 117 Å². The number of hydrogen-bond acceptors (Lipinski definition) is 7. The maximum Gasteiger partial charge on any atom is 0.433 e. The van der Waals surface area contributed by atoms with Gasteiger partial charge in [0, 0.05) is 36.3 Å². The Kier molecular flexibility index (Phi) is 9.02. The Morgan fingerprint density at radius 2 is 1.95 bits per heavy atom. The lowest BCUT2D eigenvalue weighted by atomic mass is 10.1. The average molecular weight is 568 g/mol. The number of sulfonamides is 1. The highest BCUT2D eigenvalue weighted by Crippen LogP contribution is 2.28. The summed E-state index contributed by atoms with van der Waals surface area (Å²) in [6, 6.07) is 6.14. The van der Waals surface area contributed by atoms with Crippen molar-refractivity contribution in [3.8, 4) is 0 Å². The SMILES string of the molecule is C=N/C(=C\C(=NC)c1ccc(C(F)(F)F)nc1)CNC(=O)CN(C(C)C)S(=O)(=O)c1cc2cc(F)ccc2o1. The van der Waals surface area contributed by atoms with Gasteiger partial charge < -0.3 is 9.73 Å². The summed E-state index contributed by atoms with van der Waals surface area (Å²) >= 11 is 0. The molecule has 0 aliphatic carbocycles. The number of aliphatic imine (C=N–C) groups is 2. The molecule has 39 heavy (non-hydrogen) atoms. The van der Waals surface area contributed by atoms with Crippen LogP contribution in [0, 0.1) is 5.82 Å². The largest absolute Gasteiger partial charge is 0.443 e. The van der Waals surface area contributed by atoms with Gasteiger partial charge in [-0.25, -0.2) is 12.8 Å². The summed E-state index contributed by atoms with van der Waals surface area (Å²) in [5.74, 6) is -1.23. The van der Waals surface area contributed by atoms with E-state index in [-0.39, 0.29) is 34.5 Å². The molecule has 0 radical (unpaired) electrons. The number of fused-ring (bicyclic) bond motifs is 1. The number of alkyl halides is 3. The number of amides is 1. The number of carbonyl (C=O) groups is 1. The van der Waals surface area contributed by atoms with E-state index in [2.05, 4.69) is 27.0 Å². The molecule has 1 amide bonds. The zero-order valence-electron chi connectivity index (χ0n) is 21.2. The van der Waals surface area contributed by atoms with Crippen LogP contribution in [0.1, 0.15) is 25.1 Å². The number of rotatable bonds is 10. The molecule has 0 saturated carbocycles. The Hall–Kier alpha value is -3.91. The van der Waals surface area contributed by atoms with Crippen molar-refractivity contribution in [3.05, 3.63) is 71.4 Å². The molecule has 0 aliphatic rings. The van der Waals surface area contributed by atoms with Gasteiger partial charge in [0.1, 0.15) is 17.1 Å². The van der Waals surface area contributed by atoms with Gasteiger partial charge in [-0.05, 0) is 57.0 Å². The smallest absolute Gasteiger partial charge is 0.433 e.